The fourth-order valence-electron chi connectivity index (χ4n) is 1.47. The van der Waals surface area contributed by atoms with Crippen LogP contribution >= 0.6 is 23.4 Å². The molecule has 0 aliphatic carbocycles. The van der Waals surface area contributed by atoms with Gasteiger partial charge in [-0.3, -0.25) is 0 Å². The van der Waals surface area contributed by atoms with Crippen molar-refractivity contribution in [3.8, 4) is 0 Å². The van der Waals surface area contributed by atoms with Gasteiger partial charge in [-0.25, -0.2) is 0 Å². The Bertz CT molecular complexity index is 519. The lowest BCUT2D eigenvalue weighted by Gasteiger charge is -2.02. The van der Waals surface area contributed by atoms with E-state index in [2.05, 4.69) is 35.7 Å². The van der Waals surface area contributed by atoms with Gasteiger partial charge in [-0.1, -0.05) is 18.2 Å². The maximum Gasteiger partial charge on any atom is 0.102 e. The highest BCUT2D eigenvalue weighted by Gasteiger charge is 2.07. The molecule has 2 aromatic rings. The second-order valence-corrected chi connectivity index (χ2v) is 4.79. The SMILES string of the molecule is [C]1=C(c2cc3ccccc3s2)C=COS1. The van der Waals surface area contributed by atoms with E-state index in [1.165, 1.54) is 27.0 Å². The minimum absolute atomic E-state index is 1.10. The Morgan fingerprint density at radius 1 is 1.20 bits per heavy atom. The Balaban J connectivity index is 2.11. The first-order valence-electron chi connectivity index (χ1n) is 4.54. The van der Waals surface area contributed by atoms with Gasteiger partial charge in [0.2, 0.25) is 0 Å². The number of thiophene rings is 1. The number of hydrogen-bond acceptors (Lipinski definition) is 3. The normalized spacial score (nSPS) is 15.1. The third kappa shape index (κ3) is 1.68. The molecule has 73 valence electrons. The lowest BCUT2D eigenvalue weighted by atomic mass is 10.2. The van der Waals surface area contributed by atoms with E-state index in [1.54, 1.807) is 17.6 Å². The van der Waals surface area contributed by atoms with Crippen LogP contribution in [0.1, 0.15) is 4.88 Å². The molecule has 0 amide bonds. The molecule has 3 heteroatoms. The zero-order chi connectivity index (χ0) is 10.1. The summed E-state index contributed by atoms with van der Waals surface area (Å²) >= 11 is 3.02. The van der Waals surface area contributed by atoms with Gasteiger partial charge in [0.1, 0.15) is 6.26 Å². The van der Waals surface area contributed by atoms with E-state index in [9.17, 15) is 0 Å². The zero-order valence-electron chi connectivity index (χ0n) is 7.77. The van der Waals surface area contributed by atoms with Crippen LogP contribution in [0.5, 0.6) is 0 Å². The molecule has 15 heavy (non-hydrogen) atoms. The van der Waals surface area contributed by atoms with Crippen molar-refractivity contribution >= 4 is 39.0 Å². The van der Waals surface area contributed by atoms with E-state index in [-0.39, 0.29) is 0 Å². The quantitative estimate of drug-likeness (QED) is 0.679. The summed E-state index contributed by atoms with van der Waals surface area (Å²) in [5.74, 6) is 0. The summed E-state index contributed by atoms with van der Waals surface area (Å²) in [6.45, 7) is 0. The van der Waals surface area contributed by atoms with Crippen molar-refractivity contribution < 1.29 is 4.18 Å². The largest absolute Gasteiger partial charge is 0.428 e. The van der Waals surface area contributed by atoms with Gasteiger partial charge >= 0.3 is 0 Å². The first-order chi connectivity index (χ1) is 7.43. The lowest BCUT2D eigenvalue weighted by Crippen LogP contribution is -1.79. The summed E-state index contributed by atoms with van der Waals surface area (Å²) in [7, 11) is 0. The van der Waals surface area contributed by atoms with Crippen LogP contribution in [0.25, 0.3) is 15.7 Å². The molecule has 2 heterocycles. The molecule has 1 aromatic carbocycles. The van der Waals surface area contributed by atoms with Crippen molar-refractivity contribution in [2.24, 2.45) is 0 Å². The molecule has 3 rings (SSSR count). The third-order valence-electron chi connectivity index (χ3n) is 2.18. The highest BCUT2D eigenvalue weighted by atomic mass is 32.2. The Morgan fingerprint density at radius 3 is 2.93 bits per heavy atom. The first kappa shape index (κ1) is 9.07. The van der Waals surface area contributed by atoms with E-state index >= 15 is 0 Å². The van der Waals surface area contributed by atoms with Crippen LogP contribution in [0.15, 0.2) is 42.7 Å². The van der Waals surface area contributed by atoms with Crippen LogP contribution in [0.3, 0.4) is 0 Å². The first-order valence-corrected chi connectivity index (χ1v) is 6.10. The van der Waals surface area contributed by atoms with Crippen LogP contribution < -0.4 is 0 Å². The van der Waals surface area contributed by atoms with E-state index in [0.717, 1.165) is 5.57 Å². The van der Waals surface area contributed by atoms with Crippen LogP contribution in [-0.2, 0) is 4.18 Å². The van der Waals surface area contributed by atoms with Crippen molar-refractivity contribution in [1.82, 2.24) is 0 Å². The van der Waals surface area contributed by atoms with Crippen LogP contribution in [0, 0.1) is 5.41 Å². The van der Waals surface area contributed by atoms with Gasteiger partial charge in [-0.2, -0.15) is 0 Å². The standard InChI is InChI=1S/C12H7OS2/c1-2-4-11-9(3-1)7-12(15-11)10-5-6-13-14-8-10/h1-7H. The summed E-state index contributed by atoms with van der Waals surface area (Å²) in [4.78, 5) is 1.24. The molecule has 0 saturated carbocycles. The number of allylic oxidation sites excluding steroid dienone is 2. The fraction of sp³-hybridized carbons (Fsp3) is 0. The van der Waals surface area contributed by atoms with Gasteiger partial charge in [0.15, 0.2) is 0 Å². The van der Waals surface area contributed by atoms with Crippen molar-refractivity contribution in [1.29, 1.82) is 0 Å². The van der Waals surface area contributed by atoms with Gasteiger partial charge in [0, 0.05) is 15.2 Å². The molecule has 1 aliphatic rings. The molecule has 1 nitrogen and oxygen atoms in total. The molecule has 0 fully saturated rings. The number of rotatable bonds is 1. The Kier molecular flexibility index (Phi) is 2.27. The Hall–Kier alpha value is -1.19. The third-order valence-corrected chi connectivity index (χ3v) is 3.84. The molecular formula is C12H7OS2. The molecule has 0 N–H and O–H groups in total. The minimum atomic E-state index is 1.10. The van der Waals surface area contributed by atoms with E-state index < -0.39 is 0 Å². The summed E-state index contributed by atoms with van der Waals surface area (Å²) in [6.07, 6.45) is 3.64. The highest BCUT2D eigenvalue weighted by Crippen LogP contribution is 2.33. The maximum atomic E-state index is 5.00. The lowest BCUT2D eigenvalue weighted by molar-refractivity contribution is 0.569. The summed E-state index contributed by atoms with van der Waals surface area (Å²) < 4.78 is 6.32. The highest BCUT2D eigenvalue weighted by molar-refractivity contribution is 7.96. The van der Waals surface area contributed by atoms with E-state index in [4.69, 9.17) is 4.18 Å². The Morgan fingerprint density at radius 2 is 2.13 bits per heavy atom. The zero-order valence-corrected chi connectivity index (χ0v) is 9.40. The molecule has 0 atom stereocenters. The predicted octanol–water partition coefficient (Wildman–Crippen LogP) is 4.24. The molecule has 1 radical (unpaired) electrons. The second-order valence-electron chi connectivity index (χ2n) is 3.15. The average Bonchev–Trinajstić information content (AvgIpc) is 2.74. The molecule has 0 unspecified atom stereocenters. The molecule has 1 aliphatic heterocycles. The van der Waals surface area contributed by atoms with Gasteiger partial charge in [-0.05, 0) is 23.6 Å². The van der Waals surface area contributed by atoms with Gasteiger partial charge in [0.05, 0.1) is 17.5 Å². The predicted molar refractivity (Wildman–Crippen MR) is 66.3 cm³/mol. The molecule has 0 saturated heterocycles. The molecular weight excluding hydrogens is 224 g/mol. The number of benzene rings is 1. The average molecular weight is 231 g/mol. The summed E-state index contributed by atoms with van der Waals surface area (Å²) in [5.41, 5.74) is 1.10. The van der Waals surface area contributed by atoms with Gasteiger partial charge in [0.25, 0.3) is 0 Å². The molecule has 0 bridgehead atoms. The minimum Gasteiger partial charge on any atom is -0.428 e. The van der Waals surface area contributed by atoms with Crippen LogP contribution in [-0.4, -0.2) is 0 Å². The van der Waals surface area contributed by atoms with Crippen LogP contribution in [0.2, 0.25) is 0 Å². The maximum absolute atomic E-state index is 5.00. The van der Waals surface area contributed by atoms with E-state index in [0.29, 0.717) is 0 Å². The van der Waals surface area contributed by atoms with Crippen molar-refractivity contribution in [3.63, 3.8) is 0 Å². The van der Waals surface area contributed by atoms with Crippen molar-refractivity contribution in [2.75, 3.05) is 0 Å². The van der Waals surface area contributed by atoms with E-state index in [1.807, 2.05) is 6.08 Å². The van der Waals surface area contributed by atoms with Crippen molar-refractivity contribution in [3.05, 3.63) is 53.0 Å². The fourth-order valence-corrected chi connectivity index (χ4v) is 3.01. The summed E-state index contributed by atoms with van der Waals surface area (Å²) in [6, 6.07) is 10.6. The topological polar surface area (TPSA) is 9.23 Å². The van der Waals surface area contributed by atoms with Crippen LogP contribution in [0.4, 0.5) is 0 Å². The smallest absolute Gasteiger partial charge is 0.102 e. The summed E-state index contributed by atoms with van der Waals surface area (Å²) in [5, 5.41) is 4.42. The number of fused-ring (bicyclic) bond motifs is 1. The van der Waals surface area contributed by atoms with Gasteiger partial charge < -0.3 is 4.18 Å². The van der Waals surface area contributed by atoms with Crippen molar-refractivity contribution in [2.45, 2.75) is 0 Å². The molecule has 0 spiro atoms. The van der Waals surface area contributed by atoms with Gasteiger partial charge in [-0.15, -0.1) is 11.3 Å². The second kappa shape index (κ2) is 3.76. The monoisotopic (exact) mass is 231 g/mol. The molecule has 1 aromatic heterocycles. The Labute approximate surface area is 96.3 Å². The number of hydrogen-bond donors (Lipinski definition) is 0.